The highest BCUT2D eigenvalue weighted by atomic mass is 35.5. The van der Waals surface area contributed by atoms with Crippen LogP contribution in [0.3, 0.4) is 0 Å². The molecule has 0 fully saturated rings. The number of para-hydroxylation sites is 2. The molecule has 2 rings (SSSR count). The number of amides is 2. The quantitative estimate of drug-likeness (QED) is 0.387. The van der Waals surface area contributed by atoms with Crippen molar-refractivity contribution in [3.05, 3.63) is 48.5 Å². The molecule has 0 aliphatic rings. The van der Waals surface area contributed by atoms with Crippen molar-refractivity contribution >= 4 is 91.2 Å². The van der Waals surface area contributed by atoms with Crippen molar-refractivity contribution in [1.82, 2.24) is 0 Å². The molecular weight excluding hydrogens is 458 g/mol. The first-order valence-electron chi connectivity index (χ1n) is 7.09. The van der Waals surface area contributed by atoms with Gasteiger partial charge in [0.05, 0.1) is 11.4 Å². The Labute approximate surface area is 178 Å². The Balaban J connectivity index is 2.12. The molecule has 0 aromatic heterocycles. The summed E-state index contributed by atoms with van der Waals surface area (Å²) in [5, 5.41) is 5.33. The number of halogens is 4. The van der Waals surface area contributed by atoms with Gasteiger partial charge in [0, 0.05) is 9.79 Å². The summed E-state index contributed by atoms with van der Waals surface area (Å²) < 4.78 is 0. The minimum Gasteiger partial charge on any atom is -0.323 e. The predicted octanol–water partition coefficient (Wildman–Crippen LogP) is 5.97. The van der Waals surface area contributed by atoms with E-state index < -0.39 is 21.5 Å². The highest BCUT2D eigenvalue weighted by molar-refractivity contribution is 8.76. The maximum Gasteiger partial charge on any atom is 0.257 e. The van der Waals surface area contributed by atoms with Crippen molar-refractivity contribution in [2.45, 2.75) is 19.5 Å². The Kier molecular flexibility index (Phi) is 8.73. The van der Waals surface area contributed by atoms with Gasteiger partial charge < -0.3 is 10.6 Å². The van der Waals surface area contributed by atoms with E-state index in [1.807, 2.05) is 24.3 Å². The van der Waals surface area contributed by atoms with Crippen LogP contribution in [0.15, 0.2) is 58.3 Å². The largest absolute Gasteiger partial charge is 0.323 e. The van der Waals surface area contributed by atoms with Crippen molar-refractivity contribution in [1.29, 1.82) is 0 Å². The number of hydrogen-bond acceptors (Lipinski definition) is 4. The minimum atomic E-state index is -1.16. The normalized spacial score (nSPS) is 10.8. The number of anilines is 2. The summed E-state index contributed by atoms with van der Waals surface area (Å²) in [7, 11) is 2.80. The second-order valence-corrected chi connectivity index (χ2v) is 9.14. The van der Waals surface area contributed by atoms with Gasteiger partial charge in [0.1, 0.15) is 0 Å². The molecule has 0 atom stereocenters. The Morgan fingerprint density at radius 1 is 0.692 bits per heavy atom. The van der Waals surface area contributed by atoms with Gasteiger partial charge in [-0.15, -0.1) is 0 Å². The fourth-order valence-electron chi connectivity index (χ4n) is 1.75. The van der Waals surface area contributed by atoms with Gasteiger partial charge in [0.15, 0.2) is 9.67 Å². The Morgan fingerprint density at radius 3 is 1.38 bits per heavy atom. The summed E-state index contributed by atoms with van der Waals surface area (Å²) in [4.78, 5) is 22.7. The van der Waals surface area contributed by atoms with Gasteiger partial charge in [0.2, 0.25) is 0 Å². The first-order chi connectivity index (χ1) is 12.4. The molecule has 0 saturated carbocycles. The third-order valence-electron chi connectivity index (χ3n) is 2.91. The van der Waals surface area contributed by atoms with E-state index >= 15 is 0 Å². The van der Waals surface area contributed by atoms with Crippen LogP contribution in [0.2, 0.25) is 0 Å². The number of carbonyl (C=O) groups is 2. The van der Waals surface area contributed by atoms with E-state index in [4.69, 9.17) is 46.4 Å². The summed E-state index contributed by atoms with van der Waals surface area (Å²) in [6.07, 6.45) is 0. The monoisotopic (exact) mass is 468 g/mol. The van der Waals surface area contributed by atoms with Gasteiger partial charge in [-0.1, -0.05) is 92.3 Å². The molecule has 26 heavy (non-hydrogen) atoms. The second kappa shape index (κ2) is 10.5. The summed E-state index contributed by atoms with van der Waals surface area (Å²) in [5.41, 5.74) is 1.17. The highest BCUT2D eigenvalue weighted by Crippen LogP contribution is 2.43. The zero-order valence-corrected chi connectivity index (χ0v) is 17.6. The molecule has 0 aliphatic carbocycles. The summed E-state index contributed by atoms with van der Waals surface area (Å²) >= 11 is 22.3. The van der Waals surface area contributed by atoms with E-state index in [0.717, 1.165) is 9.79 Å². The van der Waals surface area contributed by atoms with E-state index in [2.05, 4.69) is 10.6 Å². The van der Waals surface area contributed by atoms with Crippen LogP contribution in [0.5, 0.6) is 0 Å². The zero-order valence-electron chi connectivity index (χ0n) is 12.9. The van der Waals surface area contributed by atoms with Crippen LogP contribution >= 0.6 is 68.0 Å². The Morgan fingerprint density at radius 2 is 1.04 bits per heavy atom. The van der Waals surface area contributed by atoms with Crippen molar-refractivity contribution in [2.24, 2.45) is 0 Å². The molecule has 2 N–H and O–H groups in total. The van der Waals surface area contributed by atoms with Crippen LogP contribution in [-0.2, 0) is 9.59 Å². The van der Waals surface area contributed by atoms with E-state index in [1.54, 1.807) is 24.3 Å². The molecule has 4 nitrogen and oxygen atoms in total. The molecule has 2 aromatic rings. The van der Waals surface area contributed by atoms with Crippen molar-refractivity contribution in [2.75, 3.05) is 10.6 Å². The number of rotatable bonds is 7. The van der Waals surface area contributed by atoms with Crippen LogP contribution in [0.4, 0.5) is 11.4 Å². The molecule has 0 saturated heterocycles. The summed E-state index contributed by atoms with van der Waals surface area (Å²) in [5.74, 6) is -1.01. The lowest BCUT2D eigenvalue weighted by Crippen LogP contribution is -2.19. The van der Waals surface area contributed by atoms with Crippen LogP contribution in [-0.4, -0.2) is 21.5 Å². The molecule has 0 spiro atoms. The van der Waals surface area contributed by atoms with E-state index in [-0.39, 0.29) is 0 Å². The Hall–Kier alpha value is -0.760. The smallest absolute Gasteiger partial charge is 0.257 e. The van der Waals surface area contributed by atoms with Gasteiger partial charge in [-0.2, -0.15) is 0 Å². The number of carbonyl (C=O) groups excluding carboxylic acids is 2. The van der Waals surface area contributed by atoms with Crippen molar-refractivity contribution < 1.29 is 9.59 Å². The number of alkyl halides is 4. The molecule has 0 aliphatic heterocycles. The Bertz CT molecular complexity index is 725. The van der Waals surface area contributed by atoms with Gasteiger partial charge >= 0.3 is 0 Å². The molecule has 10 heteroatoms. The number of benzene rings is 2. The lowest BCUT2D eigenvalue weighted by molar-refractivity contribution is -0.115. The van der Waals surface area contributed by atoms with Crippen LogP contribution in [0.25, 0.3) is 0 Å². The van der Waals surface area contributed by atoms with Crippen LogP contribution < -0.4 is 10.6 Å². The zero-order chi connectivity index (χ0) is 19.1. The third-order valence-corrected chi connectivity index (χ3v) is 6.18. The van der Waals surface area contributed by atoms with Crippen LogP contribution in [0, 0.1) is 0 Å². The standard InChI is InChI=1S/C16H12Cl4N2O2S2/c17-13(18)15(23)21-9-5-1-3-7-11(9)25-26-12-8-4-2-6-10(12)22-16(24)14(19)20/h1-8,13-14H,(H,21,23)(H,22,24). The fraction of sp³-hybridized carbons (Fsp3) is 0.125. The third kappa shape index (κ3) is 6.44. The molecule has 0 unspecified atom stereocenters. The van der Waals surface area contributed by atoms with Crippen molar-refractivity contribution in [3.8, 4) is 0 Å². The summed E-state index contributed by atoms with van der Waals surface area (Å²) in [6, 6.07) is 14.5. The predicted molar refractivity (Wildman–Crippen MR) is 113 cm³/mol. The minimum absolute atomic E-state index is 0.505. The summed E-state index contributed by atoms with van der Waals surface area (Å²) in [6.45, 7) is 0. The van der Waals surface area contributed by atoms with E-state index in [9.17, 15) is 9.59 Å². The molecule has 0 bridgehead atoms. The number of hydrogen-bond donors (Lipinski definition) is 2. The molecule has 2 amide bonds. The van der Waals surface area contributed by atoms with Gasteiger partial charge in [-0.3, -0.25) is 9.59 Å². The average molecular weight is 470 g/mol. The maximum atomic E-state index is 11.7. The SMILES string of the molecule is O=C(Nc1ccccc1SSc1ccccc1NC(=O)C(Cl)Cl)C(Cl)Cl. The average Bonchev–Trinajstić information content (AvgIpc) is 2.61. The van der Waals surface area contributed by atoms with Crippen LogP contribution in [0.1, 0.15) is 0 Å². The fourth-order valence-corrected chi connectivity index (χ4v) is 4.24. The molecule has 0 heterocycles. The molecular formula is C16H12Cl4N2O2S2. The highest BCUT2D eigenvalue weighted by Gasteiger charge is 2.16. The second-order valence-electron chi connectivity index (χ2n) is 4.74. The van der Waals surface area contributed by atoms with E-state index in [0.29, 0.717) is 11.4 Å². The van der Waals surface area contributed by atoms with E-state index in [1.165, 1.54) is 21.6 Å². The topological polar surface area (TPSA) is 58.2 Å². The van der Waals surface area contributed by atoms with Gasteiger partial charge in [-0.05, 0) is 24.3 Å². The lowest BCUT2D eigenvalue weighted by atomic mass is 10.3. The molecule has 0 radical (unpaired) electrons. The first-order valence-corrected chi connectivity index (χ1v) is 11.0. The molecule has 138 valence electrons. The maximum absolute atomic E-state index is 11.7. The van der Waals surface area contributed by atoms with Crippen molar-refractivity contribution in [3.63, 3.8) is 0 Å². The first kappa shape index (κ1) is 21.5. The lowest BCUT2D eigenvalue weighted by Gasteiger charge is -2.13. The number of nitrogens with one attached hydrogen (secondary N) is 2. The van der Waals surface area contributed by atoms with Gasteiger partial charge in [0.25, 0.3) is 11.8 Å². The molecule has 2 aromatic carbocycles. The van der Waals surface area contributed by atoms with Gasteiger partial charge in [-0.25, -0.2) is 0 Å².